The molecule has 2 atom stereocenters. The Morgan fingerprint density at radius 2 is 1.64 bits per heavy atom. The van der Waals surface area contributed by atoms with Gasteiger partial charge in [-0.2, -0.15) is 11.8 Å². The summed E-state index contributed by atoms with van der Waals surface area (Å²) in [4.78, 5) is 53.3. The summed E-state index contributed by atoms with van der Waals surface area (Å²) in [5.41, 5.74) is 7.99. The predicted molar refractivity (Wildman–Crippen MR) is 226 cm³/mol. The fourth-order valence-corrected chi connectivity index (χ4v) is 7.40. The molecule has 0 bridgehead atoms. The molecule has 0 aliphatic carbocycles. The monoisotopic (exact) mass is 819 g/mol. The van der Waals surface area contributed by atoms with Crippen LogP contribution in [0.1, 0.15) is 42.3 Å². The molecular weight excluding hydrogens is 766 g/mol. The van der Waals surface area contributed by atoms with Crippen LogP contribution in [0.2, 0.25) is 0 Å². The fourth-order valence-electron chi connectivity index (χ4n) is 6.54. The molecule has 6 N–H and O–H groups in total. The summed E-state index contributed by atoms with van der Waals surface area (Å²) >= 11 is 1.76. The van der Waals surface area contributed by atoms with Crippen molar-refractivity contribution in [3.8, 4) is 0 Å². The first-order valence-corrected chi connectivity index (χ1v) is 20.7. The van der Waals surface area contributed by atoms with Crippen LogP contribution >= 0.6 is 11.8 Å². The van der Waals surface area contributed by atoms with E-state index in [0.717, 1.165) is 34.4 Å². The van der Waals surface area contributed by atoms with E-state index in [4.69, 9.17) is 15.2 Å². The predicted octanol–water partition coefficient (Wildman–Crippen LogP) is 5.33. The number of piperazine rings is 1. The van der Waals surface area contributed by atoms with Crippen LogP contribution in [0.5, 0.6) is 0 Å². The van der Waals surface area contributed by atoms with Gasteiger partial charge in [0, 0.05) is 93.2 Å². The third kappa shape index (κ3) is 12.1. The van der Waals surface area contributed by atoms with Gasteiger partial charge in [0.1, 0.15) is 24.6 Å². The van der Waals surface area contributed by atoms with Crippen LogP contribution in [0, 0.1) is 11.7 Å². The molecule has 58 heavy (non-hydrogen) atoms. The number of benzene rings is 3. The summed E-state index contributed by atoms with van der Waals surface area (Å²) < 4.78 is 28.0. The zero-order chi connectivity index (χ0) is 41.6. The van der Waals surface area contributed by atoms with Crippen LogP contribution in [-0.2, 0) is 29.2 Å². The van der Waals surface area contributed by atoms with Gasteiger partial charge in [-0.3, -0.25) is 4.79 Å². The van der Waals surface area contributed by atoms with Crippen LogP contribution in [0.15, 0.2) is 77.7 Å². The topological polar surface area (TPSA) is 180 Å². The molecule has 4 aromatic rings. The lowest BCUT2D eigenvalue weighted by Gasteiger charge is -2.35. The van der Waals surface area contributed by atoms with E-state index in [0.29, 0.717) is 57.9 Å². The van der Waals surface area contributed by atoms with E-state index in [2.05, 4.69) is 29.8 Å². The summed E-state index contributed by atoms with van der Waals surface area (Å²) in [5.74, 6) is -0.157. The van der Waals surface area contributed by atoms with Crippen LogP contribution < -0.4 is 32.0 Å². The third-order valence-corrected chi connectivity index (χ3v) is 11.2. The van der Waals surface area contributed by atoms with E-state index < -0.39 is 35.0 Å². The van der Waals surface area contributed by atoms with Crippen molar-refractivity contribution >= 4 is 52.2 Å². The third-order valence-electron chi connectivity index (χ3n) is 10.00. The number of rotatable bonds is 19. The van der Waals surface area contributed by atoms with E-state index in [9.17, 15) is 24.3 Å². The SMILES string of the molecule is CCn1cc(C(=O)O)c(=O)c2cc(F)c(N3CCN(C(=O)OCc4ccc(NC[C@H](CSCCN)NC[C@@H](NC(=O)OCc5ccccc5)C(C)C)cc4)CC3)cc21. The molecule has 5 rings (SSSR count). The van der Waals surface area contributed by atoms with Crippen molar-refractivity contribution in [1.29, 1.82) is 0 Å². The summed E-state index contributed by atoms with van der Waals surface area (Å²) in [5, 5.41) is 19.5. The molecule has 1 saturated heterocycles. The lowest BCUT2D eigenvalue weighted by Crippen LogP contribution is -2.49. The van der Waals surface area contributed by atoms with Crippen molar-refractivity contribution in [2.24, 2.45) is 11.7 Å². The van der Waals surface area contributed by atoms with Gasteiger partial charge in [-0.1, -0.05) is 56.3 Å². The van der Waals surface area contributed by atoms with Crippen LogP contribution in [0.4, 0.5) is 25.4 Å². The number of carbonyl (C=O) groups excluding carboxylic acids is 2. The number of amides is 2. The number of nitrogens with two attached hydrogens (primary N) is 1. The highest BCUT2D eigenvalue weighted by molar-refractivity contribution is 7.99. The number of anilines is 2. The van der Waals surface area contributed by atoms with Crippen molar-refractivity contribution in [3.63, 3.8) is 0 Å². The van der Waals surface area contributed by atoms with E-state index in [1.165, 1.54) is 6.20 Å². The maximum Gasteiger partial charge on any atom is 0.410 e. The number of aryl methyl sites for hydroxylation is 1. The highest BCUT2D eigenvalue weighted by Crippen LogP contribution is 2.27. The molecule has 2 heterocycles. The van der Waals surface area contributed by atoms with E-state index in [1.54, 1.807) is 32.2 Å². The van der Waals surface area contributed by atoms with Gasteiger partial charge < -0.3 is 50.6 Å². The Labute approximate surface area is 342 Å². The summed E-state index contributed by atoms with van der Waals surface area (Å²) in [6, 6.07) is 19.9. The minimum absolute atomic E-state index is 0.00724. The van der Waals surface area contributed by atoms with E-state index in [-0.39, 0.29) is 42.3 Å². The number of nitrogens with one attached hydrogen (secondary N) is 3. The van der Waals surface area contributed by atoms with Crippen molar-refractivity contribution in [2.45, 2.75) is 52.6 Å². The minimum Gasteiger partial charge on any atom is -0.477 e. The largest absolute Gasteiger partial charge is 0.477 e. The average Bonchev–Trinajstić information content (AvgIpc) is 3.23. The Morgan fingerprint density at radius 1 is 0.948 bits per heavy atom. The quantitative estimate of drug-likeness (QED) is 0.0769. The minimum atomic E-state index is -1.36. The van der Waals surface area contributed by atoms with Gasteiger partial charge in [0.2, 0.25) is 5.43 Å². The molecular formula is C42H54FN7O7S. The number of hydrogen-bond acceptors (Lipinski definition) is 11. The molecule has 16 heteroatoms. The molecule has 3 aromatic carbocycles. The van der Waals surface area contributed by atoms with Gasteiger partial charge >= 0.3 is 18.2 Å². The lowest BCUT2D eigenvalue weighted by molar-refractivity contribution is 0.0694. The Kier molecular flexibility index (Phi) is 16.2. The van der Waals surface area contributed by atoms with Crippen LogP contribution in [-0.4, -0.2) is 102 Å². The number of halogens is 1. The number of thioether (sulfide) groups is 1. The van der Waals surface area contributed by atoms with Gasteiger partial charge in [0.15, 0.2) is 0 Å². The molecule has 2 amide bonds. The molecule has 0 saturated carbocycles. The maximum absolute atomic E-state index is 15.3. The highest BCUT2D eigenvalue weighted by Gasteiger charge is 2.26. The van der Waals surface area contributed by atoms with E-state index >= 15 is 4.39 Å². The second-order valence-corrected chi connectivity index (χ2v) is 15.6. The molecule has 1 aliphatic heterocycles. The van der Waals surface area contributed by atoms with Gasteiger partial charge in [-0.25, -0.2) is 18.8 Å². The number of carboxylic acid groups (broad SMARTS) is 1. The van der Waals surface area contributed by atoms with E-state index in [1.807, 2.05) is 61.5 Å². The number of pyridine rings is 1. The first-order valence-electron chi connectivity index (χ1n) is 19.5. The summed E-state index contributed by atoms with van der Waals surface area (Å²) in [6.07, 6.45) is 0.362. The summed E-state index contributed by atoms with van der Waals surface area (Å²) in [6.45, 7) is 9.71. The molecule has 0 unspecified atom stereocenters. The van der Waals surface area contributed by atoms with Crippen molar-refractivity contribution in [3.05, 3.63) is 106 Å². The molecule has 1 aromatic heterocycles. The van der Waals surface area contributed by atoms with Crippen molar-refractivity contribution in [1.82, 2.24) is 20.1 Å². The standard InChI is InChI=1S/C42H54FN7O7S/c1-4-48-24-34(40(52)53)39(51)33-20-35(43)38(21-37(33)48)49-15-17-50(18-16-49)42(55)57-26-30-10-12-31(13-11-30)45-22-32(27-58-19-14-44)46-23-36(28(2)3)47-41(54)56-25-29-8-6-5-7-9-29/h5-13,20-21,24,28,32,36,45-46H,4,14-19,22-23,25-27,44H2,1-3H3,(H,47,54)(H,52,53)/t32-,36-/m1/s1. The first-order chi connectivity index (χ1) is 28.0. The number of nitrogens with zero attached hydrogens (tertiary/aromatic N) is 3. The Balaban J connectivity index is 1.08. The number of aromatic carboxylic acids is 1. The molecule has 1 fully saturated rings. The van der Waals surface area contributed by atoms with Gasteiger partial charge in [0.25, 0.3) is 0 Å². The normalized spacial score (nSPS) is 14.0. The number of carboxylic acids is 1. The highest BCUT2D eigenvalue weighted by atomic mass is 32.2. The molecule has 312 valence electrons. The number of aromatic nitrogens is 1. The smallest absolute Gasteiger partial charge is 0.410 e. The van der Waals surface area contributed by atoms with Gasteiger partial charge in [-0.05, 0) is 48.2 Å². The molecule has 1 aliphatic rings. The first kappa shape index (κ1) is 43.8. The fraction of sp³-hybridized carbons (Fsp3) is 0.429. The number of ether oxygens (including phenoxy) is 2. The van der Waals surface area contributed by atoms with Crippen LogP contribution in [0.25, 0.3) is 10.9 Å². The number of carbonyl (C=O) groups is 3. The average molecular weight is 820 g/mol. The maximum atomic E-state index is 15.3. The zero-order valence-corrected chi connectivity index (χ0v) is 34.1. The van der Waals surface area contributed by atoms with Crippen molar-refractivity contribution in [2.75, 3.05) is 67.5 Å². The van der Waals surface area contributed by atoms with Crippen molar-refractivity contribution < 1.29 is 33.4 Å². The lowest BCUT2D eigenvalue weighted by atomic mass is 10.0. The summed E-state index contributed by atoms with van der Waals surface area (Å²) in [7, 11) is 0. The Hall–Kier alpha value is -5.32. The second kappa shape index (κ2) is 21.4. The zero-order valence-electron chi connectivity index (χ0n) is 33.2. The molecule has 14 nitrogen and oxygen atoms in total. The second-order valence-electron chi connectivity index (χ2n) is 14.4. The Bertz CT molecular complexity index is 2040. The van der Waals surface area contributed by atoms with Crippen LogP contribution in [0.3, 0.4) is 0 Å². The number of hydrogen-bond donors (Lipinski definition) is 5. The molecule has 0 radical (unpaired) electrons. The van der Waals surface area contributed by atoms with Gasteiger partial charge in [0.05, 0.1) is 11.2 Å². The Morgan fingerprint density at radius 3 is 2.29 bits per heavy atom. The number of fused-ring (bicyclic) bond motifs is 1. The number of alkyl carbamates (subject to hydrolysis) is 1. The van der Waals surface area contributed by atoms with Gasteiger partial charge in [-0.15, -0.1) is 0 Å². The molecule has 0 spiro atoms.